The van der Waals surface area contributed by atoms with Crippen molar-refractivity contribution in [2.45, 2.75) is 32.7 Å². The fourth-order valence-electron chi connectivity index (χ4n) is 5.54. The van der Waals surface area contributed by atoms with Crippen LogP contribution in [0.2, 0.25) is 0 Å². The van der Waals surface area contributed by atoms with Gasteiger partial charge in [0, 0.05) is 17.8 Å². The van der Waals surface area contributed by atoms with Crippen LogP contribution in [-0.2, 0) is 11.3 Å². The van der Waals surface area contributed by atoms with Gasteiger partial charge in [-0.3, -0.25) is 13.8 Å². The van der Waals surface area contributed by atoms with Gasteiger partial charge < -0.3 is 15.0 Å². The number of ether oxygens (including phenoxy) is 1. The third kappa shape index (κ3) is 5.36. The van der Waals surface area contributed by atoms with Crippen LogP contribution < -0.4 is 10.9 Å². The first-order valence-electron chi connectivity index (χ1n) is 14.0. The number of amidine groups is 1. The van der Waals surface area contributed by atoms with E-state index < -0.39 is 0 Å². The van der Waals surface area contributed by atoms with Crippen molar-refractivity contribution in [2.24, 2.45) is 10.9 Å². The molecule has 0 unspecified atom stereocenters. The number of rotatable bonds is 8. The number of nitriles is 1. The van der Waals surface area contributed by atoms with E-state index in [9.17, 15) is 10.1 Å². The predicted molar refractivity (Wildman–Crippen MR) is 155 cm³/mol. The Morgan fingerprint density at radius 2 is 2.02 bits per heavy atom. The van der Waals surface area contributed by atoms with E-state index in [-0.39, 0.29) is 5.56 Å². The molecule has 6 rings (SSSR count). The monoisotopic (exact) mass is 535 g/mol. The van der Waals surface area contributed by atoms with Crippen LogP contribution >= 0.6 is 0 Å². The highest BCUT2D eigenvalue weighted by Gasteiger charge is 2.20. The minimum Gasteiger partial charge on any atom is -0.494 e. The summed E-state index contributed by atoms with van der Waals surface area (Å²) in [6.07, 6.45) is 7.12. The molecule has 0 radical (unpaired) electrons. The molecule has 204 valence electrons. The van der Waals surface area contributed by atoms with Crippen molar-refractivity contribution in [1.82, 2.24) is 24.2 Å². The van der Waals surface area contributed by atoms with E-state index in [0.717, 1.165) is 53.5 Å². The van der Waals surface area contributed by atoms with Crippen LogP contribution in [0.1, 0.15) is 42.9 Å². The molecule has 9 heteroatoms. The number of likely N-dealkylation sites (tertiary alicyclic amines) is 1. The quantitative estimate of drug-likeness (QED) is 0.367. The fourth-order valence-corrected chi connectivity index (χ4v) is 5.54. The van der Waals surface area contributed by atoms with Gasteiger partial charge in [-0.15, -0.1) is 0 Å². The molecule has 1 fully saturated rings. The summed E-state index contributed by atoms with van der Waals surface area (Å²) in [6, 6.07) is 17.1. The van der Waals surface area contributed by atoms with Gasteiger partial charge in [0.1, 0.15) is 11.6 Å². The van der Waals surface area contributed by atoms with Gasteiger partial charge in [0.25, 0.3) is 5.56 Å². The molecule has 1 saturated heterocycles. The molecule has 0 bridgehead atoms. The number of nitrogens with zero attached hydrogens (tertiary/aromatic N) is 6. The standard InChI is InChI=1S/C31H33N7O2/c1-2-11-36-12-8-22(9-13-36)21-40-26-18-33-30(34-19-26)25-5-3-4-24(15-25)20-38-29(39)10-14-37-28-16-23(17-32)6-7-27(28)35-31(37)38/h3-7,10,14-16,18,22H,2,8-9,11-13,19-21H2,1H3,(H,33,34). The third-order valence-corrected chi connectivity index (χ3v) is 7.73. The van der Waals surface area contributed by atoms with E-state index in [4.69, 9.17) is 4.74 Å². The van der Waals surface area contributed by atoms with Crippen molar-refractivity contribution >= 4 is 22.6 Å². The largest absolute Gasteiger partial charge is 0.494 e. The normalized spacial score (nSPS) is 16.4. The minimum atomic E-state index is -0.136. The summed E-state index contributed by atoms with van der Waals surface area (Å²) in [7, 11) is 0. The van der Waals surface area contributed by atoms with Crippen molar-refractivity contribution < 1.29 is 4.74 Å². The lowest BCUT2D eigenvalue weighted by Gasteiger charge is -2.31. The number of aromatic nitrogens is 3. The molecule has 4 aromatic rings. The molecule has 40 heavy (non-hydrogen) atoms. The lowest BCUT2D eigenvalue weighted by Crippen LogP contribution is -2.36. The van der Waals surface area contributed by atoms with Gasteiger partial charge in [-0.25, -0.2) is 9.98 Å². The van der Waals surface area contributed by atoms with Gasteiger partial charge >= 0.3 is 0 Å². The number of fused-ring (bicyclic) bond motifs is 3. The Morgan fingerprint density at radius 1 is 1.15 bits per heavy atom. The van der Waals surface area contributed by atoms with Gasteiger partial charge in [0.2, 0.25) is 5.78 Å². The molecule has 2 aliphatic heterocycles. The molecule has 0 saturated carbocycles. The molecule has 2 aromatic heterocycles. The predicted octanol–water partition coefficient (Wildman–Crippen LogP) is 3.90. The molecule has 0 amide bonds. The van der Waals surface area contributed by atoms with Gasteiger partial charge in [0.05, 0.1) is 48.6 Å². The highest BCUT2D eigenvalue weighted by atomic mass is 16.5. The van der Waals surface area contributed by atoms with Gasteiger partial charge in [-0.2, -0.15) is 5.26 Å². The first kappa shape index (κ1) is 25.8. The SMILES string of the molecule is CCCN1CCC(COC2=CN=C(c3cccc(Cn4c(=O)ccn5c6cc(C#N)ccc6nc45)c3)NC2)CC1. The number of nitrogens with one attached hydrogen (secondary N) is 1. The maximum atomic E-state index is 12.9. The fraction of sp³-hybridized carbons (Fsp3) is 0.355. The summed E-state index contributed by atoms with van der Waals surface area (Å²) in [5.41, 5.74) is 3.85. The van der Waals surface area contributed by atoms with Crippen molar-refractivity contribution in [3.8, 4) is 6.07 Å². The Labute approximate surface area is 233 Å². The van der Waals surface area contributed by atoms with E-state index >= 15 is 0 Å². The zero-order valence-corrected chi connectivity index (χ0v) is 22.7. The molecule has 0 aliphatic carbocycles. The average molecular weight is 536 g/mol. The van der Waals surface area contributed by atoms with E-state index in [1.807, 2.05) is 40.9 Å². The van der Waals surface area contributed by atoms with Crippen LogP contribution in [-0.4, -0.2) is 57.5 Å². The highest BCUT2D eigenvalue weighted by molar-refractivity contribution is 5.99. The molecule has 0 atom stereocenters. The molecule has 4 heterocycles. The van der Waals surface area contributed by atoms with E-state index in [2.05, 4.69) is 33.2 Å². The van der Waals surface area contributed by atoms with Crippen LogP contribution in [0.5, 0.6) is 0 Å². The van der Waals surface area contributed by atoms with Gasteiger partial charge in [-0.05, 0) is 74.6 Å². The van der Waals surface area contributed by atoms with Crippen molar-refractivity contribution in [3.63, 3.8) is 0 Å². The second-order valence-corrected chi connectivity index (χ2v) is 10.6. The maximum Gasteiger partial charge on any atom is 0.255 e. The Morgan fingerprint density at radius 3 is 2.80 bits per heavy atom. The zero-order chi connectivity index (χ0) is 27.5. The van der Waals surface area contributed by atoms with Crippen LogP contribution in [0, 0.1) is 17.2 Å². The van der Waals surface area contributed by atoms with Gasteiger partial charge in [0.15, 0.2) is 0 Å². The smallest absolute Gasteiger partial charge is 0.255 e. The third-order valence-electron chi connectivity index (χ3n) is 7.73. The Kier molecular flexibility index (Phi) is 7.34. The van der Waals surface area contributed by atoms with Crippen LogP contribution in [0.4, 0.5) is 0 Å². The Hall–Kier alpha value is -4.42. The molecular formula is C31H33N7O2. The summed E-state index contributed by atoms with van der Waals surface area (Å²) in [5.74, 6) is 2.78. The Bertz CT molecular complexity index is 1700. The van der Waals surface area contributed by atoms with Crippen LogP contribution in [0.3, 0.4) is 0 Å². The molecular weight excluding hydrogens is 502 g/mol. The number of hydrogen-bond donors (Lipinski definition) is 1. The highest BCUT2D eigenvalue weighted by Crippen LogP contribution is 2.20. The lowest BCUT2D eigenvalue weighted by molar-refractivity contribution is 0.104. The second-order valence-electron chi connectivity index (χ2n) is 10.6. The number of benzene rings is 2. The minimum absolute atomic E-state index is 0.136. The summed E-state index contributed by atoms with van der Waals surface area (Å²) >= 11 is 0. The molecule has 1 N–H and O–H groups in total. The number of piperidine rings is 1. The summed E-state index contributed by atoms with van der Waals surface area (Å²) in [6.45, 7) is 7.46. The van der Waals surface area contributed by atoms with Crippen molar-refractivity contribution in [3.05, 3.63) is 93.7 Å². The van der Waals surface area contributed by atoms with E-state index in [1.54, 1.807) is 22.9 Å². The molecule has 2 aliphatic rings. The summed E-state index contributed by atoms with van der Waals surface area (Å²) in [5, 5.41) is 12.7. The van der Waals surface area contributed by atoms with E-state index in [0.29, 0.717) is 30.3 Å². The Balaban J connectivity index is 1.16. The first-order chi connectivity index (χ1) is 19.6. The van der Waals surface area contributed by atoms with E-state index in [1.165, 1.54) is 31.9 Å². The number of imidazole rings is 1. The first-order valence-corrected chi connectivity index (χ1v) is 14.0. The topological polar surface area (TPSA) is 100.0 Å². The zero-order valence-electron chi connectivity index (χ0n) is 22.7. The summed E-state index contributed by atoms with van der Waals surface area (Å²) < 4.78 is 9.61. The van der Waals surface area contributed by atoms with Crippen molar-refractivity contribution in [2.75, 3.05) is 32.8 Å². The second kappa shape index (κ2) is 11.4. The molecule has 9 nitrogen and oxygen atoms in total. The number of aliphatic imine (C=N–C) groups is 1. The lowest BCUT2D eigenvalue weighted by atomic mass is 9.98. The summed E-state index contributed by atoms with van der Waals surface area (Å²) in [4.78, 5) is 24.8. The van der Waals surface area contributed by atoms with Crippen LogP contribution in [0.25, 0.3) is 16.8 Å². The van der Waals surface area contributed by atoms with Gasteiger partial charge in [-0.1, -0.05) is 25.1 Å². The van der Waals surface area contributed by atoms with Crippen LogP contribution in [0.15, 0.2) is 76.5 Å². The molecule has 0 spiro atoms. The number of hydrogen-bond acceptors (Lipinski definition) is 7. The average Bonchev–Trinajstić information content (AvgIpc) is 3.37. The molecule has 2 aromatic carbocycles. The van der Waals surface area contributed by atoms with Crippen molar-refractivity contribution in [1.29, 1.82) is 5.26 Å². The maximum absolute atomic E-state index is 12.9.